The zero-order valence-corrected chi connectivity index (χ0v) is 19.5. The van der Waals surface area contributed by atoms with Crippen LogP contribution in [0, 0.1) is 11.7 Å². The Morgan fingerprint density at radius 2 is 1.94 bits per heavy atom. The Labute approximate surface area is 196 Å². The van der Waals surface area contributed by atoms with Gasteiger partial charge in [0.2, 0.25) is 11.3 Å². The van der Waals surface area contributed by atoms with Gasteiger partial charge in [-0.3, -0.25) is 4.79 Å². The average Bonchev–Trinajstić information content (AvgIpc) is 3.35. The molecule has 5 rings (SSSR count). The molecule has 1 aliphatic rings. The van der Waals surface area contributed by atoms with Gasteiger partial charge < -0.3 is 18.7 Å². The van der Waals surface area contributed by atoms with Crippen LogP contribution in [-0.2, 0) is 6.54 Å². The highest BCUT2D eigenvalue weighted by atomic mass is 19.1. The SMILES string of the molecule is CCn1cc(-c2nc(-c3ccccc3OC)no2)c(=O)c2cc(F)c(N3CCC(C)CC3)cc21. The smallest absolute Gasteiger partial charge is 0.263 e. The van der Waals surface area contributed by atoms with Crippen LogP contribution in [0.1, 0.15) is 26.7 Å². The van der Waals surface area contributed by atoms with E-state index in [1.165, 1.54) is 6.07 Å². The number of aryl methyl sites for hydroxylation is 1. The van der Waals surface area contributed by atoms with Gasteiger partial charge in [-0.25, -0.2) is 4.39 Å². The lowest BCUT2D eigenvalue weighted by atomic mass is 9.98. The average molecular weight is 463 g/mol. The van der Waals surface area contributed by atoms with E-state index >= 15 is 4.39 Å². The van der Waals surface area contributed by atoms with Crippen LogP contribution in [0.25, 0.3) is 33.7 Å². The molecule has 4 aromatic rings. The molecule has 34 heavy (non-hydrogen) atoms. The van der Waals surface area contributed by atoms with Gasteiger partial charge in [0, 0.05) is 31.2 Å². The number of para-hydroxylation sites is 1. The van der Waals surface area contributed by atoms with E-state index in [0.717, 1.165) is 25.9 Å². The van der Waals surface area contributed by atoms with Crippen LogP contribution in [0.15, 0.2) is 51.9 Å². The highest BCUT2D eigenvalue weighted by molar-refractivity contribution is 5.86. The van der Waals surface area contributed by atoms with Crippen LogP contribution in [0.3, 0.4) is 0 Å². The second kappa shape index (κ2) is 8.93. The lowest BCUT2D eigenvalue weighted by molar-refractivity contribution is 0.413. The topological polar surface area (TPSA) is 73.4 Å². The first-order valence-corrected chi connectivity index (χ1v) is 11.6. The maximum Gasteiger partial charge on any atom is 0.263 e. The van der Waals surface area contributed by atoms with Crippen molar-refractivity contribution in [2.24, 2.45) is 5.92 Å². The number of aromatic nitrogens is 3. The molecule has 1 fully saturated rings. The molecule has 0 radical (unpaired) electrons. The third kappa shape index (κ3) is 3.83. The van der Waals surface area contributed by atoms with E-state index < -0.39 is 0 Å². The Hall–Kier alpha value is -3.68. The molecule has 0 spiro atoms. The Morgan fingerprint density at radius 1 is 1.18 bits per heavy atom. The fourth-order valence-electron chi connectivity index (χ4n) is 4.58. The van der Waals surface area contributed by atoms with E-state index in [9.17, 15) is 4.79 Å². The number of piperidine rings is 1. The van der Waals surface area contributed by atoms with Crippen molar-refractivity contribution in [1.29, 1.82) is 0 Å². The normalized spacial score (nSPS) is 14.6. The van der Waals surface area contributed by atoms with Gasteiger partial charge in [0.05, 0.1) is 23.9 Å². The summed E-state index contributed by atoms with van der Waals surface area (Å²) in [5.41, 5.74) is 1.79. The van der Waals surface area contributed by atoms with Crippen molar-refractivity contribution in [2.75, 3.05) is 25.1 Å². The number of hydrogen-bond acceptors (Lipinski definition) is 6. The van der Waals surface area contributed by atoms with Crippen molar-refractivity contribution in [1.82, 2.24) is 14.7 Å². The second-order valence-corrected chi connectivity index (χ2v) is 8.77. The Bertz CT molecular complexity index is 1400. The largest absolute Gasteiger partial charge is 0.496 e. The van der Waals surface area contributed by atoms with Crippen molar-refractivity contribution >= 4 is 16.6 Å². The molecule has 2 aromatic carbocycles. The number of nitrogens with zero attached hydrogens (tertiary/aromatic N) is 4. The minimum atomic E-state index is -0.390. The lowest BCUT2D eigenvalue weighted by Crippen LogP contribution is -2.33. The third-order valence-corrected chi connectivity index (χ3v) is 6.62. The molecule has 176 valence electrons. The predicted octanol–water partition coefficient (Wildman–Crippen LogP) is 5.12. The summed E-state index contributed by atoms with van der Waals surface area (Å²) in [4.78, 5) is 19.9. The van der Waals surface area contributed by atoms with Gasteiger partial charge >= 0.3 is 0 Å². The first-order chi connectivity index (χ1) is 16.5. The zero-order chi connectivity index (χ0) is 23.8. The molecular formula is C26H27FN4O3. The minimum Gasteiger partial charge on any atom is -0.496 e. The van der Waals surface area contributed by atoms with Crippen molar-refractivity contribution in [3.05, 3.63) is 58.6 Å². The number of ether oxygens (including phenoxy) is 1. The fourth-order valence-corrected chi connectivity index (χ4v) is 4.58. The molecular weight excluding hydrogens is 435 g/mol. The maximum atomic E-state index is 15.2. The summed E-state index contributed by atoms with van der Waals surface area (Å²) in [5.74, 6) is 1.26. The van der Waals surface area contributed by atoms with E-state index in [1.807, 2.05) is 29.7 Å². The summed E-state index contributed by atoms with van der Waals surface area (Å²) in [6, 6.07) is 10.4. The van der Waals surface area contributed by atoms with Crippen LogP contribution in [0.2, 0.25) is 0 Å². The van der Waals surface area contributed by atoms with Crippen molar-refractivity contribution in [2.45, 2.75) is 33.2 Å². The summed E-state index contributed by atoms with van der Waals surface area (Å²) in [5, 5.41) is 4.35. The van der Waals surface area contributed by atoms with Crippen LogP contribution in [-0.4, -0.2) is 34.9 Å². The van der Waals surface area contributed by atoms with E-state index in [0.29, 0.717) is 46.2 Å². The molecule has 0 N–H and O–H groups in total. The number of hydrogen-bond donors (Lipinski definition) is 0. The van der Waals surface area contributed by atoms with Gasteiger partial charge in [0.1, 0.15) is 17.1 Å². The highest BCUT2D eigenvalue weighted by Gasteiger charge is 2.23. The van der Waals surface area contributed by atoms with Gasteiger partial charge in [-0.2, -0.15) is 4.98 Å². The number of benzene rings is 2. The standard InChI is InChI=1S/C26H27FN4O3/c1-4-30-15-19(26-28-25(29-34-26)17-7-5-6-8-23(17)33-3)24(32)18-13-20(27)22(14-21(18)30)31-11-9-16(2)10-12-31/h5-8,13-16H,4,9-12H2,1-3H3. The van der Waals surface area contributed by atoms with E-state index in [4.69, 9.17) is 9.26 Å². The van der Waals surface area contributed by atoms with Gasteiger partial charge in [0.15, 0.2) is 0 Å². The molecule has 0 amide bonds. The number of halogens is 1. The third-order valence-electron chi connectivity index (χ3n) is 6.62. The van der Waals surface area contributed by atoms with Crippen LogP contribution in [0.4, 0.5) is 10.1 Å². The monoisotopic (exact) mass is 462 g/mol. The molecule has 8 heteroatoms. The highest BCUT2D eigenvalue weighted by Crippen LogP contribution is 2.31. The molecule has 2 aromatic heterocycles. The summed E-state index contributed by atoms with van der Waals surface area (Å²) in [6.45, 7) is 6.42. The molecule has 1 saturated heterocycles. The lowest BCUT2D eigenvalue weighted by Gasteiger charge is -2.32. The number of rotatable bonds is 5. The van der Waals surface area contributed by atoms with E-state index in [2.05, 4.69) is 22.0 Å². The first kappa shape index (κ1) is 22.1. The van der Waals surface area contributed by atoms with Crippen molar-refractivity contribution in [3.8, 4) is 28.6 Å². The van der Waals surface area contributed by atoms with Gasteiger partial charge in [0.25, 0.3) is 5.89 Å². The maximum absolute atomic E-state index is 15.2. The zero-order valence-electron chi connectivity index (χ0n) is 19.5. The quantitative estimate of drug-likeness (QED) is 0.410. The van der Waals surface area contributed by atoms with Crippen LogP contribution < -0.4 is 15.1 Å². The van der Waals surface area contributed by atoms with Crippen molar-refractivity contribution in [3.63, 3.8) is 0 Å². The number of methoxy groups -OCH3 is 1. The molecule has 0 bridgehead atoms. The first-order valence-electron chi connectivity index (χ1n) is 11.6. The molecule has 3 heterocycles. The molecule has 0 atom stereocenters. The summed E-state index contributed by atoms with van der Waals surface area (Å²) in [7, 11) is 1.57. The Kier molecular flexibility index (Phi) is 5.81. The number of fused-ring (bicyclic) bond motifs is 1. The number of anilines is 1. The van der Waals surface area contributed by atoms with E-state index in [1.54, 1.807) is 25.4 Å². The molecule has 0 aliphatic carbocycles. The Morgan fingerprint density at radius 3 is 2.68 bits per heavy atom. The minimum absolute atomic E-state index is 0.0875. The van der Waals surface area contributed by atoms with Gasteiger partial charge in [-0.1, -0.05) is 24.2 Å². The molecule has 0 saturated carbocycles. The van der Waals surface area contributed by atoms with Gasteiger partial charge in [-0.05, 0) is 49.9 Å². The van der Waals surface area contributed by atoms with E-state index in [-0.39, 0.29) is 22.7 Å². The summed E-state index contributed by atoms with van der Waals surface area (Å²) < 4.78 is 28.0. The van der Waals surface area contributed by atoms with Crippen LogP contribution >= 0.6 is 0 Å². The second-order valence-electron chi connectivity index (χ2n) is 8.77. The molecule has 7 nitrogen and oxygen atoms in total. The van der Waals surface area contributed by atoms with Gasteiger partial charge in [-0.15, -0.1) is 0 Å². The predicted molar refractivity (Wildman–Crippen MR) is 130 cm³/mol. The summed E-state index contributed by atoms with van der Waals surface area (Å²) in [6.07, 6.45) is 3.77. The molecule has 0 unspecified atom stereocenters. The van der Waals surface area contributed by atoms with Crippen molar-refractivity contribution < 1.29 is 13.7 Å². The number of pyridine rings is 1. The van der Waals surface area contributed by atoms with Crippen LogP contribution in [0.5, 0.6) is 5.75 Å². The summed E-state index contributed by atoms with van der Waals surface area (Å²) >= 11 is 0. The Balaban J connectivity index is 1.60. The molecule has 1 aliphatic heterocycles. The fraction of sp³-hybridized carbons (Fsp3) is 0.346.